The van der Waals surface area contributed by atoms with Gasteiger partial charge in [-0.05, 0) is 61.9 Å². The molecule has 1 N–H and O–H groups in total. The van der Waals surface area contributed by atoms with Crippen molar-refractivity contribution in [2.24, 2.45) is 0 Å². The van der Waals surface area contributed by atoms with E-state index in [1.165, 1.54) is 0 Å². The van der Waals surface area contributed by atoms with Crippen LogP contribution in [0, 0.1) is 13.8 Å². The summed E-state index contributed by atoms with van der Waals surface area (Å²) in [4.78, 5) is 30.4. The molecule has 1 saturated heterocycles. The van der Waals surface area contributed by atoms with Crippen molar-refractivity contribution in [3.05, 3.63) is 82.5 Å². The Morgan fingerprint density at radius 2 is 1.86 bits per heavy atom. The molecule has 6 nitrogen and oxygen atoms in total. The second kappa shape index (κ2) is 6.98. The van der Waals surface area contributed by atoms with Crippen LogP contribution in [0.25, 0.3) is 11.8 Å². The van der Waals surface area contributed by atoms with Crippen LogP contribution in [0.3, 0.4) is 0 Å². The first-order valence-electron chi connectivity index (χ1n) is 8.68. The number of rotatable bonds is 3. The molecular formula is C21H17ClN4O2. The van der Waals surface area contributed by atoms with Gasteiger partial charge in [0.05, 0.1) is 17.6 Å². The van der Waals surface area contributed by atoms with Gasteiger partial charge < -0.3 is 9.88 Å². The Bertz CT molecular complexity index is 1120. The van der Waals surface area contributed by atoms with Crippen molar-refractivity contribution in [3.8, 4) is 5.69 Å². The molecule has 0 aliphatic carbocycles. The second-order valence-corrected chi connectivity index (χ2v) is 6.92. The van der Waals surface area contributed by atoms with Crippen molar-refractivity contribution in [2.75, 3.05) is 4.90 Å². The number of aryl methyl sites for hydroxylation is 1. The van der Waals surface area contributed by atoms with Gasteiger partial charge in [0.1, 0.15) is 5.70 Å². The van der Waals surface area contributed by atoms with Gasteiger partial charge in [-0.3, -0.25) is 9.78 Å². The van der Waals surface area contributed by atoms with Gasteiger partial charge in [-0.15, -0.1) is 0 Å². The van der Waals surface area contributed by atoms with E-state index in [0.717, 1.165) is 27.5 Å². The number of amides is 3. The normalized spacial score (nSPS) is 15.4. The van der Waals surface area contributed by atoms with Crippen LogP contribution in [0.1, 0.15) is 17.0 Å². The van der Waals surface area contributed by atoms with E-state index in [4.69, 9.17) is 11.6 Å². The van der Waals surface area contributed by atoms with Crippen LogP contribution in [-0.4, -0.2) is 21.5 Å². The van der Waals surface area contributed by atoms with E-state index >= 15 is 0 Å². The highest BCUT2D eigenvalue weighted by atomic mass is 35.5. The van der Waals surface area contributed by atoms with Gasteiger partial charge in [-0.25, -0.2) is 9.69 Å². The molecule has 4 rings (SSSR count). The molecule has 0 unspecified atom stereocenters. The minimum Gasteiger partial charge on any atom is -0.316 e. The highest BCUT2D eigenvalue weighted by molar-refractivity contribution is 6.32. The van der Waals surface area contributed by atoms with Gasteiger partial charge in [0.2, 0.25) is 0 Å². The summed E-state index contributed by atoms with van der Waals surface area (Å²) in [6.45, 7) is 3.94. The lowest BCUT2D eigenvalue weighted by molar-refractivity contribution is -0.113. The lowest BCUT2D eigenvalue weighted by Gasteiger charge is -2.11. The van der Waals surface area contributed by atoms with Crippen LogP contribution in [0.15, 0.2) is 60.6 Å². The zero-order valence-electron chi connectivity index (χ0n) is 15.3. The van der Waals surface area contributed by atoms with Gasteiger partial charge in [0, 0.05) is 22.6 Å². The van der Waals surface area contributed by atoms with Crippen LogP contribution in [0.4, 0.5) is 10.5 Å². The quantitative estimate of drug-likeness (QED) is 0.535. The molecule has 0 radical (unpaired) electrons. The van der Waals surface area contributed by atoms with Crippen molar-refractivity contribution in [3.63, 3.8) is 0 Å². The van der Waals surface area contributed by atoms with E-state index in [0.29, 0.717) is 10.7 Å². The van der Waals surface area contributed by atoms with Crippen molar-refractivity contribution in [2.45, 2.75) is 13.8 Å². The first kappa shape index (κ1) is 18.0. The number of imide groups is 1. The Balaban J connectivity index is 1.71. The average molecular weight is 393 g/mol. The zero-order chi connectivity index (χ0) is 19.8. The summed E-state index contributed by atoms with van der Waals surface area (Å²) in [7, 11) is 0. The maximum Gasteiger partial charge on any atom is 0.333 e. The summed E-state index contributed by atoms with van der Waals surface area (Å²) >= 11 is 5.99. The molecule has 0 spiro atoms. The molecule has 2 aromatic heterocycles. The first-order valence-corrected chi connectivity index (χ1v) is 9.05. The summed E-state index contributed by atoms with van der Waals surface area (Å²) < 4.78 is 2.05. The number of carbonyl (C=O) groups excluding carboxylic acids is 2. The second-order valence-electron chi connectivity index (χ2n) is 6.48. The van der Waals surface area contributed by atoms with Crippen LogP contribution < -0.4 is 10.2 Å². The summed E-state index contributed by atoms with van der Waals surface area (Å²) in [5.41, 5.74) is 4.38. The Hall–Kier alpha value is -3.38. The Morgan fingerprint density at radius 1 is 1.07 bits per heavy atom. The molecule has 1 aromatic carbocycles. The van der Waals surface area contributed by atoms with Gasteiger partial charge in [-0.1, -0.05) is 17.7 Å². The van der Waals surface area contributed by atoms with E-state index in [1.54, 1.807) is 42.7 Å². The molecule has 3 aromatic rings. The largest absolute Gasteiger partial charge is 0.333 e. The standard InChI is InChI=1S/C21H17ClN4O2/c1-13-9-15(14(2)25(13)18-7-4-8-23-12-18)10-19-20(27)26(21(28)24-19)17-6-3-5-16(22)11-17/h3-12H,1-2H3,(H,24,28)/b19-10-. The maximum absolute atomic E-state index is 12.8. The summed E-state index contributed by atoms with van der Waals surface area (Å²) in [5, 5.41) is 3.10. The average Bonchev–Trinajstić information content (AvgIpc) is 3.11. The van der Waals surface area contributed by atoms with Crippen LogP contribution in [0.2, 0.25) is 5.02 Å². The zero-order valence-corrected chi connectivity index (χ0v) is 16.1. The highest BCUT2D eigenvalue weighted by Crippen LogP contribution is 2.27. The predicted molar refractivity (Wildman–Crippen MR) is 108 cm³/mol. The molecule has 0 atom stereocenters. The summed E-state index contributed by atoms with van der Waals surface area (Å²) in [6, 6.07) is 11.9. The van der Waals surface area contributed by atoms with Crippen molar-refractivity contribution >= 4 is 35.3 Å². The van der Waals surface area contributed by atoms with Crippen LogP contribution in [-0.2, 0) is 4.79 Å². The summed E-state index contributed by atoms with van der Waals surface area (Å²) in [5.74, 6) is -0.418. The van der Waals surface area contributed by atoms with Crippen molar-refractivity contribution < 1.29 is 9.59 Å². The lowest BCUT2D eigenvalue weighted by Crippen LogP contribution is -2.30. The molecule has 0 saturated carbocycles. The van der Waals surface area contributed by atoms with E-state index in [2.05, 4.69) is 14.9 Å². The van der Waals surface area contributed by atoms with E-state index in [9.17, 15) is 9.59 Å². The first-order chi connectivity index (χ1) is 13.5. The maximum atomic E-state index is 12.8. The number of anilines is 1. The molecule has 140 valence electrons. The molecule has 7 heteroatoms. The highest BCUT2D eigenvalue weighted by Gasteiger charge is 2.35. The molecular weight excluding hydrogens is 376 g/mol. The van der Waals surface area contributed by atoms with Crippen LogP contribution in [0.5, 0.6) is 0 Å². The molecule has 0 bridgehead atoms. The number of benzene rings is 1. The van der Waals surface area contributed by atoms with Gasteiger partial charge in [0.25, 0.3) is 5.91 Å². The topological polar surface area (TPSA) is 67.2 Å². The molecule has 1 aliphatic heterocycles. The van der Waals surface area contributed by atoms with Crippen molar-refractivity contribution in [1.82, 2.24) is 14.9 Å². The van der Waals surface area contributed by atoms with Crippen LogP contribution >= 0.6 is 11.6 Å². The Morgan fingerprint density at radius 3 is 2.57 bits per heavy atom. The van der Waals surface area contributed by atoms with Gasteiger partial charge in [0.15, 0.2) is 0 Å². The number of urea groups is 1. The fraction of sp³-hybridized carbons (Fsp3) is 0.0952. The van der Waals surface area contributed by atoms with E-state index in [1.807, 2.05) is 32.0 Å². The number of hydrogen-bond donors (Lipinski definition) is 1. The van der Waals surface area contributed by atoms with Gasteiger partial charge >= 0.3 is 6.03 Å². The number of hydrogen-bond acceptors (Lipinski definition) is 3. The third kappa shape index (κ3) is 3.08. The number of nitrogens with zero attached hydrogens (tertiary/aromatic N) is 3. The lowest BCUT2D eigenvalue weighted by atomic mass is 10.2. The summed E-state index contributed by atoms with van der Waals surface area (Å²) in [6.07, 6.45) is 5.19. The smallest absolute Gasteiger partial charge is 0.316 e. The molecule has 1 fully saturated rings. The fourth-order valence-electron chi connectivity index (χ4n) is 3.36. The van der Waals surface area contributed by atoms with Crippen molar-refractivity contribution in [1.29, 1.82) is 0 Å². The Kier molecular flexibility index (Phi) is 4.49. The SMILES string of the molecule is Cc1cc(/C=C2\NC(=O)N(c3cccc(Cl)c3)C2=O)c(C)n1-c1cccnc1. The number of halogens is 1. The van der Waals surface area contributed by atoms with E-state index in [-0.39, 0.29) is 5.70 Å². The third-order valence-corrected chi connectivity index (χ3v) is 4.85. The number of aromatic nitrogens is 2. The molecule has 1 aliphatic rings. The monoisotopic (exact) mass is 392 g/mol. The van der Waals surface area contributed by atoms with Gasteiger partial charge in [-0.2, -0.15) is 0 Å². The fourth-order valence-corrected chi connectivity index (χ4v) is 3.54. The third-order valence-electron chi connectivity index (χ3n) is 4.62. The molecule has 3 amide bonds. The molecule has 28 heavy (non-hydrogen) atoms. The Labute approximate surface area is 167 Å². The minimum atomic E-state index is -0.500. The molecule has 3 heterocycles. The minimum absolute atomic E-state index is 0.219. The number of pyridine rings is 1. The van der Waals surface area contributed by atoms with E-state index < -0.39 is 11.9 Å². The number of nitrogens with one attached hydrogen (secondary N) is 1. The predicted octanol–water partition coefficient (Wildman–Crippen LogP) is 4.24. The number of carbonyl (C=O) groups is 2.